The van der Waals surface area contributed by atoms with Crippen molar-refractivity contribution in [1.82, 2.24) is 9.80 Å². The summed E-state index contributed by atoms with van der Waals surface area (Å²) in [4.78, 5) is 16.7. The molecule has 0 bridgehead atoms. The summed E-state index contributed by atoms with van der Waals surface area (Å²) in [6, 6.07) is 8.53. The molecule has 25 heavy (non-hydrogen) atoms. The third-order valence-corrected chi connectivity index (χ3v) is 13.8. The van der Waals surface area contributed by atoms with Crippen molar-refractivity contribution >= 4 is 65.8 Å². The van der Waals surface area contributed by atoms with Crippen molar-refractivity contribution in [2.75, 3.05) is 26.2 Å². The summed E-state index contributed by atoms with van der Waals surface area (Å²) >= 11 is 1.19. The summed E-state index contributed by atoms with van der Waals surface area (Å²) < 4.78 is 3.67. The van der Waals surface area contributed by atoms with Gasteiger partial charge in [-0.25, -0.2) is 0 Å². The van der Waals surface area contributed by atoms with Crippen LogP contribution in [-0.2, 0) is 6.54 Å². The summed E-state index contributed by atoms with van der Waals surface area (Å²) in [6.07, 6.45) is 4.60. The molecule has 0 aromatic heterocycles. The van der Waals surface area contributed by atoms with Crippen molar-refractivity contribution in [3.05, 3.63) is 43.8 Å². The maximum atomic E-state index is 11.8. The number of nitrogens with zero attached hydrogens (tertiary/aromatic N) is 2. The van der Waals surface area contributed by atoms with Crippen LogP contribution in [0.3, 0.4) is 0 Å². The molecule has 0 spiro atoms. The second-order valence-corrected chi connectivity index (χ2v) is 15.4. The van der Waals surface area contributed by atoms with E-state index in [4.69, 9.17) is 5.73 Å². The Labute approximate surface area is 178 Å². The molecule has 0 atom stereocenters. The van der Waals surface area contributed by atoms with Crippen LogP contribution in [0.2, 0.25) is 4.18 Å². The van der Waals surface area contributed by atoms with Crippen LogP contribution in [0.1, 0.15) is 18.4 Å². The van der Waals surface area contributed by atoms with E-state index in [1.807, 2.05) is 0 Å². The molecule has 0 saturated carbocycles. The first kappa shape index (κ1) is 23.2. The van der Waals surface area contributed by atoms with E-state index in [-0.39, 0.29) is 28.5 Å². The van der Waals surface area contributed by atoms with Gasteiger partial charge in [-0.15, -0.1) is 24.8 Å². The average Bonchev–Trinajstić information content (AvgIpc) is 2.55. The average molecular weight is 553 g/mol. The van der Waals surface area contributed by atoms with Gasteiger partial charge in [0.25, 0.3) is 0 Å². The van der Waals surface area contributed by atoms with Crippen LogP contribution in [0.5, 0.6) is 0 Å². The molecule has 1 fully saturated rings. The predicted octanol–water partition coefficient (Wildman–Crippen LogP) is 3.78. The van der Waals surface area contributed by atoms with E-state index < -0.39 is 21.4 Å². The first-order chi connectivity index (χ1) is 11.1. The molecular formula is C17H25BrCl2InN3O. The number of piperazine rings is 1. The second-order valence-electron chi connectivity index (χ2n) is 6.41. The first-order valence-electron chi connectivity index (χ1n) is 8.34. The van der Waals surface area contributed by atoms with Gasteiger partial charge in [-0.3, -0.25) is 0 Å². The van der Waals surface area contributed by atoms with Crippen molar-refractivity contribution in [2.24, 2.45) is 5.73 Å². The van der Waals surface area contributed by atoms with Gasteiger partial charge in [0.2, 0.25) is 0 Å². The Morgan fingerprint density at radius 3 is 2.56 bits per heavy atom. The Morgan fingerprint density at radius 2 is 1.92 bits per heavy atom. The van der Waals surface area contributed by atoms with Gasteiger partial charge in [0.1, 0.15) is 0 Å². The standard InChI is InChI=1S/C16H21BrN2.CH2NO.2ClH.In/c1-2-3-4-8-18-9-11-19(12-10-18)14-15-6-5-7-16(17)13-15;2-1-3;;;/h4-7,13H,1-3,9-12,14H2;(H2,2,3);2*1H;. The fraction of sp³-hybridized carbons (Fsp3) is 0.471. The van der Waals surface area contributed by atoms with Crippen LogP contribution in [0.15, 0.2) is 38.3 Å². The normalized spacial score (nSPS) is 18.0. The SMILES string of the molecule is Cl.Cl.N[C](=O)[In]1[CH2]CCC=[C]1N1CCN(Cc2cccc(Br)c2)CC1. The van der Waals surface area contributed by atoms with Gasteiger partial charge in [0, 0.05) is 0 Å². The molecule has 2 N–H and O–H groups in total. The molecule has 2 aliphatic heterocycles. The number of allylic oxidation sites excluding steroid dienone is 1. The summed E-state index contributed by atoms with van der Waals surface area (Å²) in [5, 5.41) is 0. The summed E-state index contributed by atoms with van der Waals surface area (Å²) in [6.45, 7) is 5.17. The molecule has 1 aromatic rings. The van der Waals surface area contributed by atoms with E-state index in [0.29, 0.717) is 0 Å². The fourth-order valence-electron chi connectivity index (χ4n) is 3.56. The van der Waals surface area contributed by atoms with Gasteiger partial charge in [0.15, 0.2) is 0 Å². The monoisotopic (exact) mass is 551 g/mol. The second kappa shape index (κ2) is 11.1. The van der Waals surface area contributed by atoms with Crippen molar-refractivity contribution < 1.29 is 4.79 Å². The topological polar surface area (TPSA) is 49.6 Å². The molecule has 3 rings (SSSR count). The summed E-state index contributed by atoms with van der Waals surface area (Å²) in [5.74, 6) is 0. The van der Waals surface area contributed by atoms with E-state index in [1.54, 1.807) is 0 Å². The number of carbonyl (C=O) groups excluding carboxylic acids is 1. The molecule has 1 amide bonds. The van der Waals surface area contributed by atoms with Crippen LogP contribution in [0, 0.1) is 0 Å². The van der Waals surface area contributed by atoms with Crippen LogP contribution in [0.4, 0.5) is 4.79 Å². The Kier molecular flexibility index (Phi) is 10.3. The summed E-state index contributed by atoms with van der Waals surface area (Å²) in [7, 11) is 0. The number of halogens is 3. The molecule has 0 unspecified atom stereocenters. The predicted molar refractivity (Wildman–Crippen MR) is 113 cm³/mol. The van der Waals surface area contributed by atoms with Crippen LogP contribution in [0.25, 0.3) is 0 Å². The number of carbonyl (C=O) groups is 1. The molecular weight excluding hydrogens is 528 g/mol. The van der Waals surface area contributed by atoms with Gasteiger partial charge < -0.3 is 0 Å². The van der Waals surface area contributed by atoms with Gasteiger partial charge >= 0.3 is 155 Å². The Hall–Kier alpha value is 0.120. The van der Waals surface area contributed by atoms with Crippen molar-refractivity contribution in [3.8, 4) is 0 Å². The van der Waals surface area contributed by atoms with E-state index in [1.165, 1.54) is 9.02 Å². The zero-order valence-electron chi connectivity index (χ0n) is 14.2. The Bertz CT molecular complexity index is 609. The molecule has 8 heteroatoms. The van der Waals surface area contributed by atoms with Gasteiger partial charge in [0.05, 0.1) is 0 Å². The molecule has 0 radical (unpaired) electrons. The van der Waals surface area contributed by atoms with Crippen LogP contribution in [-0.4, -0.2) is 61.1 Å². The summed E-state index contributed by atoms with van der Waals surface area (Å²) in [5.41, 5.74) is 7.03. The fourth-order valence-corrected chi connectivity index (χ4v) is 11.6. The van der Waals surface area contributed by atoms with Gasteiger partial charge in [-0.1, -0.05) is 0 Å². The Morgan fingerprint density at radius 1 is 1.20 bits per heavy atom. The molecule has 2 aliphatic rings. The zero-order valence-corrected chi connectivity index (χ0v) is 20.7. The van der Waals surface area contributed by atoms with E-state index >= 15 is 0 Å². The number of benzene rings is 1. The quantitative estimate of drug-likeness (QED) is 0.618. The maximum absolute atomic E-state index is 11.8. The molecule has 138 valence electrons. The molecule has 1 aromatic carbocycles. The van der Waals surface area contributed by atoms with E-state index in [2.05, 4.69) is 56.1 Å². The number of hydrogen-bond acceptors (Lipinski definition) is 3. The first-order valence-corrected chi connectivity index (χ1v) is 14.8. The van der Waals surface area contributed by atoms with Crippen molar-refractivity contribution in [1.29, 1.82) is 0 Å². The minimum atomic E-state index is -2.35. The van der Waals surface area contributed by atoms with E-state index in [0.717, 1.165) is 54.2 Å². The molecule has 1 saturated heterocycles. The van der Waals surface area contributed by atoms with Crippen molar-refractivity contribution in [3.63, 3.8) is 0 Å². The zero-order chi connectivity index (χ0) is 16.2. The number of amides is 1. The van der Waals surface area contributed by atoms with Gasteiger partial charge in [-0.2, -0.15) is 0 Å². The number of nitrogens with two attached hydrogens (primary N) is 1. The van der Waals surface area contributed by atoms with Gasteiger partial charge in [-0.05, 0) is 0 Å². The van der Waals surface area contributed by atoms with Crippen molar-refractivity contribution in [2.45, 2.75) is 23.6 Å². The number of hydrogen-bond donors (Lipinski definition) is 1. The number of rotatable bonds is 4. The molecule has 2 heterocycles. The minimum absolute atomic E-state index is 0. The third-order valence-electron chi connectivity index (χ3n) is 4.78. The Balaban J connectivity index is 0.00000156. The van der Waals surface area contributed by atoms with Crippen LogP contribution < -0.4 is 5.73 Å². The van der Waals surface area contributed by atoms with E-state index in [9.17, 15) is 4.79 Å². The third kappa shape index (κ3) is 6.35. The molecule has 4 nitrogen and oxygen atoms in total. The molecule has 0 aliphatic carbocycles. The van der Waals surface area contributed by atoms with Crippen LogP contribution >= 0.6 is 40.7 Å². The number of primary amides is 1.